The van der Waals surface area contributed by atoms with Crippen LogP contribution in [0.25, 0.3) is 11.0 Å². The van der Waals surface area contributed by atoms with Crippen molar-refractivity contribution >= 4 is 31.2 Å². The summed E-state index contributed by atoms with van der Waals surface area (Å²) in [6.07, 6.45) is 2.22. The van der Waals surface area contributed by atoms with Crippen molar-refractivity contribution in [2.24, 2.45) is 0 Å². The number of aliphatic hydroxyl groups excluding tert-OH is 1. The summed E-state index contributed by atoms with van der Waals surface area (Å²) in [5.41, 5.74) is 0.630. The zero-order valence-electron chi connectivity index (χ0n) is 23.8. The molecule has 1 amide bonds. The van der Waals surface area contributed by atoms with Crippen LogP contribution in [0.1, 0.15) is 31.9 Å². The highest BCUT2D eigenvalue weighted by Crippen LogP contribution is 2.34. The number of rotatable bonds is 12. The third-order valence-electron chi connectivity index (χ3n) is 5.84. The van der Waals surface area contributed by atoms with Crippen molar-refractivity contribution in [3.63, 3.8) is 0 Å². The molecular formula is C28H38FN3O7Si. The Labute approximate surface area is 234 Å². The van der Waals surface area contributed by atoms with Crippen LogP contribution >= 0.6 is 0 Å². The number of aromatic nitrogens is 2. The zero-order chi connectivity index (χ0) is 29.7. The number of alkyl carbamates (subject to hydrolysis) is 1. The number of ether oxygens (including phenoxy) is 3. The van der Waals surface area contributed by atoms with Crippen LogP contribution in [-0.4, -0.2) is 58.2 Å². The molecule has 0 aliphatic carbocycles. The van der Waals surface area contributed by atoms with Gasteiger partial charge in [-0.3, -0.25) is 0 Å². The first-order valence-electron chi connectivity index (χ1n) is 13.0. The van der Waals surface area contributed by atoms with Gasteiger partial charge in [0.1, 0.15) is 29.8 Å². The van der Waals surface area contributed by atoms with Crippen LogP contribution in [-0.2, 0) is 34.0 Å². The molecule has 1 atom stereocenters. The van der Waals surface area contributed by atoms with Crippen molar-refractivity contribution in [3.8, 4) is 11.5 Å². The highest BCUT2D eigenvalue weighted by Gasteiger charge is 2.25. The first-order valence-corrected chi connectivity index (χ1v) is 16.7. The Hall–Kier alpha value is -3.48. The van der Waals surface area contributed by atoms with E-state index in [2.05, 4.69) is 29.9 Å². The highest BCUT2D eigenvalue weighted by molar-refractivity contribution is 6.76. The van der Waals surface area contributed by atoms with Crippen LogP contribution in [0.5, 0.6) is 11.5 Å². The number of fused-ring (bicyclic) bond motifs is 1. The summed E-state index contributed by atoms with van der Waals surface area (Å²) in [5, 5.41) is 22.3. The molecule has 0 aliphatic rings. The fourth-order valence-electron chi connectivity index (χ4n) is 3.87. The molecule has 0 saturated carbocycles. The van der Waals surface area contributed by atoms with Gasteiger partial charge in [0.15, 0.2) is 11.6 Å². The zero-order valence-corrected chi connectivity index (χ0v) is 24.8. The van der Waals surface area contributed by atoms with Gasteiger partial charge >= 0.3 is 12.1 Å². The second-order valence-corrected chi connectivity index (χ2v) is 17.4. The van der Waals surface area contributed by atoms with Crippen molar-refractivity contribution in [2.45, 2.75) is 77.9 Å². The van der Waals surface area contributed by atoms with Crippen LogP contribution in [0.15, 0.2) is 36.7 Å². The molecule has 0 fully saturated rings. The Bertz CT molecular complexity index is 1350. The molecule has 10 nitrogen and oxygen atoms in total. The van der Waals surface area contributed by atoms with Gasteiger partial charge in [0.2, 0.25) is 0 Å². The fraction of sp³-hybridized carbons (Fsp3) is 0.464. The molecule has 0 radical (unpaired) electrons. The summed E-state index contributed by atoms with van der Waals surface area (Å²) >= 11 is 0. The van der Waals surface area contributed by atoms with E-state index < -0.39 is 37.6 Å². The van der Waals surface area contributed by atoms with Crippen molar-refractivity contribution < 1.29 is 38.4 Å². The third kappa shape index (κ3) is 8.76. The lowest BCUT2D eigenvalue weighted by molar-refractivity contribution is -0.139. The van der Waals surface area contributed by atoms with Gasteiger partial charge in [0, 0.05) is 39.1 Å². The number of pyridine rings is 1. The summed E-state index contributed by atoms with van der Waals surface area (Å²) in [4.78, 5) is 28.1. The largest absolute Gasteiger partial charge is 0.480 e. The predicted octanol–water partition coefficient (Wildman–Crippen LogP) is 5.29. The minimum Gasteiger partial charge on any atom is -0.480 e. The fourth-order valence-corrected chi connectivity index (χ4v) is 4.63. The smallest absolute Gasteiger partial charge is 0.408 e. The standard InChI is InChI=1S/C28H38FN3O7Si/c1-28(2,3)39-27(36)31-21(26(34)35)14-18-7-8-22(20(29)13-18)38-23-9-10-30-25-24(23)19(16-33)15-32(25)17-37-11-12-40(4,5)6/h7-10,13,15,21,33H,11-12,14,16-17H2,1-6H3,(H,31,36)(H,34,35)/t21-/m0/s1. The number of carbonyl (C=O) groups excluding carboxylic acids is 1. The third-order valence-corrected chi connectivity index (χ3v) is 7.54. The van der Waals surface area contributed by atoms with Gasteiger partial charge in [-0.15, -0.1) is 0 Å². The first kappa shape index (κ1) is 31.0. The molecule has 0 spiro atoms. The normalized spacial score (nSPS) is 12.8. The van der Waals surface area contributed by atoms with E-state index in [1.165, 1.54) is 18.3 Å². The van der Waals surface area contributed by atoms with Crippen molar-refractivity contribution in [2.75, 3.05) is 6.61 Å². The van der Waals surface area contributed by atoms with Crippen molar-refractivity contribution in [3.05, 3.63) is 53.6 Å². The van der Waals surface area contributed by atoms with Crippen molar-refractivity contribution in [1.82, 2.24) is 14.9 Å². The first-order chi connectivity index (χ1) is 18.7. The molecule has 218 valence electrons. The molecule has 40 heavy (non-hydrogen) atoms. The Morgan fingerprint density at radius 1 is 1.18 bits per heavy atom. The van der Waals surface area contributed by atoms with E-state index in [1.54, 1.807) is 37.6 Å². The quantitative estimate of drug-likeness (QED) is 0.196. The van der Waals surface area contributed by atoms with E-state index in [-0.39, 0.29) is 25.5 Å². The minimum absolute atomic E-state index is 0.0914. The van der Waals surface area contributed by atoms with E-state index in [4.69, 9.17) is 14.2 Å². The average Bonchev–Trinajstić information content (AvgIpc) is 3.20. The molecule has 2 aromatic heterocycles. The number of nitrogens with one attached hydrogen (secondary N) is 1. The molecule has 2 heterocycles. The number of hydrogen-bond acceptors (Lipinski definition) is 7. The van der Waals surface area contributed by atoms with Gasteiger partial charge in [-0.25, -0.2) is 19.0 Å². The summed E-state index contributed by atoms with van der Waals surface area (Å²) in [6.45, 7) is 12.4. The topological polar surface area (TPSA) is 132 Å². The van der Waals surface area contributed by atoms with E-state index >= 15 is 4.39 Å². The monoisotopic (exact) mass is 575 g/mol. The van der Waals surface area contributed by atoms with Gasteiger partial charge in [0.25, 0.3) is 0 Å². The number of carboxylic acids is 1. The second-order valence-electron chi connectivity index (χ2n) is 11.7. The Morgan fingerprint density at radius 2 is 1.90 bits per heavy atom. The van der Waals surface area contributed by atoms with E-state index in [9.17, 15) is 19.8 Å². The Balaban J connectivity index is 1.77. The molecule has 0 saturated heterocycles. The maximum Gasteiger partial charge on any atom is 0.408 e. The molecule has 0 aliphatic heterocycles. The minimum atomic E-state index is -1.32. The van der Waals surface area contributed by atoms with Crippen LogP contribution < -0.4 is 10.1 Å². The Kier molecular flexibility index (Phi) is 9.93. The lowest BCUT2D eigenvalue weighted by Gasteiger charge is -2.22. The number of benzene rings is 1. The number of hydrogen-bond donors (Lipinski definition) is 3. The van der Waals surface area contributed by atoms with E-state index in [0.717, 1.165) is 12.1 Å². The number of carboxylic acid groups (broad SMARTS) is 1. The van der Waals surface area contributed by atoms with Crippen LogP contribution in [0.3, 0.4) is 0 Å². The number of halogens is 1. The number of carbonyl (C=O) groups is 2. The SMILES string of the molecule is CC(C)(C)OC(=O)N[C@@H](Cc1ccc(Oc2ccnc3c2c(CO)cn3COCC[Si](C)(C)C)c(F)c1)C(=O)O. The predicted molar refractivity (Wildman–Crippen MR) is 151 cm³/mol. The lowest BCUT2D eigenvalue weighted by atomic mass is 10.1. The van der Waals surface area contributed by atoms with Gasteiger partial charge < -0.3 is 34.3 Å². The van der Waals surface area contributed by atoms with Gasteiger partial charge in [-0.05, 0) is 50.6 Å². The molecule has 3 rings (SSSR count). The molecule has 3 N–H and O–H groups in total. The summed E-state index contributed by atoms with van der Waals surface area (Å²) < 4.78 is 33.7. The lowest BCUT2D eigenvalue weighted by Crippen LogP contribution is -2.44. The molecule has 1 aromatic carbocycles. The molecule has 12 heteroatoms. The average molecular weight is 576 g/mol. The molecule has 3 aromatic rings. The highest BCUT2D eigenvalue weighted by atomic mass is 28.3. The van der Waals surface area contributed by atoms with Gasteiger partial charge in [-0.1, -0.05) is 25.7 Å². The maximum absolute atomic E-state index is 15.1. The second kappa shape index (κ2) is 12.8. The molecule has 0 unspecified atom stereocenters. The number of amides is 1. The van der Waals surface area contributed by atoms with E-state index in [1.807, 2.05) is 0 Å². The Morgan fingerprint density at radius 3 is 2.50 bits per heavy atom. The summed E-state index contributed by atoms with van der Waals surface area (Å²) in [5.74, 6) is -1.79. The van der Waals surface area contributed by atoms with Crippen molar-refractivity contribution in [1.29, 1.82) is 0 Å². The summed E-state index contributed by atoms with van der Waals surface area (Å²) in [7, 11) is -1.24. The maximum atomic E-state index is 15.1. The molecule has 0 bridgehead atoms. The van der Waals surface area contributed by atoms with Gasteiger partial charge in [0.05, 0.1) is 12.0 Å². The van der Waals surface area contributed by atoms with Crippen LogP contribution in [0, 0.1) is 5.82 Å². The van der Waals surface area contributed by atoms with Crippen LogP contribution in [0.4, 0.5) is 9.18 Å². The summed E-state index contributed by atoms with van der Waals surface area (Å²) in [6, 6.07) is 5.34. The van der Waals surface area contributed by atoms with Gasteiger partial charge in [-0.2, -0.15) is 0 Å². The molecular weight excluding hydrogens is 537 g/mol. The van der Waals surface area contributed by atoms with Crippen LogP contribution in [0.2, 0.25) is 25.7 Å². The number of nitrogens with zero attached hydrogens (tertiary/aromatic N) is 2. The number of aliphatic hydroxyl groups is 1. The number of aliphatic carboxylic acids is 1. The van der Waals surface area contributed by atoms with E-state index in [0.29, 0.717) is 34.5 Å².